The number of aromatic hydroxyl groups is 1. The van der Waals surface area contributed by atoms with Gasteiger partial charge in [0.05, 0.1) is 35.1 Å². The summed E-state index contributed by atoms with van der Waals surface area (Å²) in [6.07, 6.45) is -3.99. The van der Waals surface area contributed by atoms with Crippen LogP contribution in [0.3, 0.4) is 0 Å². The highest BCUT2D eigenvalue weighted by Gasteiger charge is 2.33. The van der Waals surface area contributed by atoms with Crippen molar-refractivity contribution in [3.63, 3.8) is 0 Å². The Hall–Kier alpha value is -3.32. The predicted molar refractivity (Wildman–Crippen MR) is 151 cm³/mol. The molecule has 222 valence electrons. The molecule has 0 saturated heterocycles. The van der Waals surface area contributed by atoms with E-state index in [1.807, 2.05) is 19.1 Å². The highest BCUT2D eigenvalue weighted by atomic mass is 35.5. The molecule has 0 aliphatic rings. The van der Waals surface area contributed by atoms with Crippen molar-refractivity contribution >= 4 is 33.2 Å². The number of hydrogen-bond donors (Lipinski definition) is 5. The second kappa shape index (κ2) is 13.6. The second-order valence-corrected chi connectivity index (χ2v) is 11.9. The normalized spacial score (nSPS) is 13.4. The Morgan fingerprint density at radius 1 is 1.02 bits per heavy atom. The monoisotopic (exact) mass is 613 g/mol. The summed E-state index contributed by atoms with van der Waals surface area (Å²) in [5.74, 6) is -0.611. The number of rotatable bonds is 12. The van der Waals surface area contributed by atoms with E-state index in [1.165, 1.54) is 24.3 Å². The van der Waals surface area contributed by atoms with Crippen molar-refractivity contribution < 1.29 is 36.6 Å². The number of aliphatic hydroxyl groups is 1. The minimum atomic E-state index is -4.59. The summed E-state index contributed by atoms with van der Waals surface area (Å²) in [5, 5.41) is 25.9. The number of carbonyl (C=O) groups excluding carboxylic acids is 1. The SMILES string of the molecule is C[C@H](Cc1cccc(CC(=O)NCc2ccc(Cl)c(C(F)(F)F)c2)c1)NC[C@@H](O)c1ccc(O)c(NS(C)(=O)=O)c1. The van der Waals surface area contributed by atoms with Gasteiger partial charge in [-0.3, -0.25) is 9.52 Å². The molecule has 0 fully saturated rings. The van der Waals surface area contributed by atoms with Crippen molar-refractivity contribution in [1.29, 1.82) is 0 Å². The van der Waals surface area contributed by atoms with Crippen molar-refractivity contribution in [3.05, 3.63) is 93.5 Å². The van der Waals surface area contributed by atoms with Gasteiger partial charge in [0.1, 0.15) is 5.75 Å². The Balaban J connectivity index is 1.52. The van der Waals surface area contributed by atoms with Crippen LogP contribution in [0.2, 0.25) is 5.02 Å². The summed E-state index contributed by atoms with van der Waals surface area (Å²) in [6.45, 7) is 2.00. The van der Waals surface area contributed by atoms with E-state index in [2.05, 4.69) is 15.4 Å². The lowest BCUT2D eigenvalue weighted by Gasteiger charge is -2.19. The molecule has 3 aromatic rings. The Kier molecular flexibility index (Phi) is 10.6. The molecule has 5 N–H and O–H groups in total. The first-order valence-electron chi connectivity index (χ1n) is 12.5. The van der Waals surface area contributed by atoms with Crippen LogP contribution < -0.4 is 15.4 Å². The van der Waals surface area contributed by atoms with Crippen molar-refractivity contribution in [2.75, 3.05) is 17.5 Å². The number of benzene rings is 3. The van der Waals surface area contributed by atoms with E-state index in [0.29, 0.717) is 12.0 Å². The molecular weight excluding hydrogens is 583 g/mol. The summed E-state index contributed by atoms with van der Waals surface area (Å²) in [6, 6.07) is 14.9. The quantitative estimate of drug-likeness (QED) is 0.191. The Morgan fingerprint density at radius 2 is 1.73 bits per heavy atom. The van der Waals surface area contributed by atoms with Crippen LogP contribution in [0.15, 0.2) is 60.7 Å². The van der Waals surface area contributed by atoms with E-state index >= 15 is 0 Å². The number of hydrogen-bond acceptors (Lipinski definition) is 6. The van der Waals surface area contributed by atoms with Gasteiger partial charge >= 0.3 is 6.18 Å². The number of carbonyl (C=O) groups is 1. The Labute approximate surface area is 241 Å². The molecule has 0 aliphatic heterocycles. The van der Waals surface area contributed by atoms with Crippen LogP contribution in [0.5, 0.6) is 5.75 Å². The van der Waals surface area contributed by atoms with Gasteiger partial charge in [-0.25, -0.2) is 8.42 Å². The highest BCUT2D eigenvalue weighted by Crippen LogP contribution is 2.35. The maximum Gasteiger partial charge on any atom is 0.417 e. The predicted octanol–water partition coefficient (Wildman–Crippen LogP) is 4.55. The fourth-order valence-corrected chi connectivity index (χ4v) is 4.90. The number of amides is 1. The molecule has 0 aliphatic carbocycles. The molecule has 0 radical (unpaired) electrons. The first-order chi connectivity index (χ1) is 19.1. The van der Waals surface area contributed by atoms with Crippen molar-refractivity contribution in [2.24, 2.45) is 0 Å². The van der Waals surface area contributed by atoms with Gasteiger partial charge in [0, 0.05) is 19.1 Å². The maximum absolute atomic E-state index is 13.1. The van der Waals surface area contributed by atoms with Crippen LogP contribution in [0.4, 0.5) is 18.9 Å². The summed E-state index contributed by atoms with van der Waals surface area (Å²) < 4.78 is 64.4. The average molecular weight is 614 g/mol. The number of phenols is 1. The smallest absolute Gasteiger partial charge is 0.417 e. The van der Waals surface area contributed by atoms with Crippen molar-refractivity contribution in [1.82, 2.24) is 10.6 Å². The Morgan fingerprint density at radius 3 is 2.41 bits per heavy atom. The van der Waals surface area contributed by atoms with E-state index in [9.17, 15) is 36.6 Å². The van der Waals surface area contributed by atoms with Crippen LogP contribution in [0.1, 0.15) is 40.8 Å². The van der Waals surface area contributed by atoms with Crippen molar-refractivity contribution in [3.8, 4) is 5.75 Å². The lowest BCUT2D eigenvalue weighted by Crippen LogP contribution is -2.32. The molecule has 0 spiro atoms. The number of phenolic OH excluding ortho intramolecular Hbond substituents is 1. The molecule has 0 bridgehead atoms. The molecule has 8 nitrogen and oxygen atoms in total. The third kappa shape index (κ3) is 10.2. The lowest BCUT2D eigenvalue weighted by molar-refractivity contribution is -0.137. The highest BCUT2D eigenvalue weighted by molar-refractivity contribution is 7.92. The minimum absolute atomic E-state index is 0.0304. The molecule has 0 saturated carbocycles. The van der Waals surface area contributed by atoms with Crippen LogP contribution in [0.25, 0.3) is 0 Å². The summed E-state index contributed by atoms with van der Waals surface area (Å²) in [7, 11) is -3.61. The van der Waals surface area contributed by atoms with E-state index in [0.717, 1.165) is 29.5 Å². The van der Waals surface area contributed by atoms with Crippen LogP contribution >= 0.6 is 11.6 Å². The lowest BCUT2D eigenvalue weighted by atomic mass is 10.0. The van der Waals surface area contributed by atoms with Gasteiger partial charge in [0.2, 0.25) is 15.9 Å². The number of alkyl halides is 3. The second-order valence-electron chi connectivity index (χ2n) is 9.77. The molecule has 3 rings (SSSR count). The topological polar surface area (TPSA) is 128 Å². The van der Waals surface area contributed by atoms with E-state index < -0.39 is 32.9 Å². The van der Waals surface area contributed by atoms with E-state index in [-0.39, 0.29) is 48.5 Å². The number of sulfonamides is 1. The van der Waals surface area contributed by atoms with Crippen molar-refractivity contribution in [2.45, 2.75) is 44.6 Å². The van der Waals surface area contributed by atoms with Crippen LogP contribution in [0, 0.1) is 0 Å². The third-order valence-corrected chi connectivity index (χ3v) is 7.00. The molecule has 0 heterocycles. The van der Waals surface area contributed by atoms with Crippen LogP contribution in [-0.2, 0) is 40.4 Å². The maximum atomic E-state index is 13.1. The minimum Gasteiger partial charge on any atom is -0.506 e. The molecule has 1 amide bonds. The van der Waals surface area contributed by atoms with Gasteiger partial charge in [-0.2, -0.15) is 13.2 Å². The largest absolute Gasteiger partial charge is 0.506 e. The molecule has 0 aromatic heterocycles. The molecule has 13 heteroatoms. The fraction of sp³-hybridized carbons (Fsp3) is 0.321. The fourth-order valence-electron chi connectivity index (χ4n) is 4.11. The molecule has 0 unspecified atom stereocenters. The number of aliphatic hydroxyl groups excluding tert-OH is 1. The summed E-state index contributed by atoms with van der Waals surface area (Å²) in [4.78, 5) is 12.4. The number of nitrogens with one attached hydrogen (secondary N) is 3. The molecule has 3 aromatic carbocycles. The first kappa shape index (κ1) is 32.2. The van der Waals surface area contributed by atoms with Gasteiger partial charge in [0.15, 0.2) is 0 Å². The van der Waals surface area contributed by atoms with Gasteiger partial charge < -0.3 is 20.8 Å². The van der Waals surface area contributed by atoms with E-state index in [4.69, 9.17) is 11.6 Å². The Bertz CT molecular complexity index is 1490. The first-order valence-corrected chi connectivity index (χ1v) is 14.8. The average Bonchev–Trinajstić information content (AvgIpc) is 2.87. The zero-order chi connectivity index (χ0) is 30.4. The zero-order valence-corrected chi connectivity index (χ0v) is 23.9. The summed E-state index contributed by atoms with van der Waals surface area (Å²) >= 11 is 5.64. The van der Waals surface area contributed by atoms with Gasteiger partial charge in [-0.05, 0) is 59.9 Å². The van der Waals surface area contributed by atoms with Gasteiger partial charge in [0.25, 0.3) is 0 Å². The molecule has 41 heavy (non-hydrogen) atoms. The van der Waals surface area contributed by atoms with Gasteiger partial charge in [-0.1, -0.05) is 48.0 Å². The standard InChI is InChI=1S/C28H31ClF3N3O5S/c1-17(33-16-26(37)21-7-9-25(36)24(14-21)35-41(2,39)40)10-18-4-3-5-19(11-18)13-27(38)34-15-20-6-8-23(29)22(12-20)28(30,31)32/h3-9,11-12,14,17,26,33,35-37H,10,13,15-16H2,1-2H3,(H,34,38)/t17-,26-/m1/s1. The van der Waals surface area contributed by atoms with E-state index in [1.54, 1.807) is 12.1 Å². The number of anilines is 1. The summed E-state index contributed by atoms with van der Waals surface area (Å²) in [5.41, 5.74) is 1.37. The molecular formula is C28H31ClF3N3O5S. The number of halogens is 4. The molecule has 2 atom stereocenters. The van der Waals surface area contributed by atoms with Crippen LogP contribution in [-0.4, -0.2) is 43.4 Å². The third-order valence-electron chi connectivity index (χ3n) is 6.08. The zero-order valence-electron chi connectivity index (χ0n) is 22.3. The van der Waals surface area contributed by atoms with Gasteiger partial charge in [-0.15, -0.1) is 0 Å².